The van der Waals surface area contributed by atoms with Crippen LogP contribution >= 0.6 is 0 Å². The van der Waals surface area contributed by atoms with Crippen LogP contribution in [-0.4, -0.2) is 34.2 Å². The predicted molar refractivity (Wildman–Crippen MR) is 94.9 cm³/mol. The molecule has 0 radical (unpaired) electrons. The van der Waals surface area contributed by atoms with Gasteiger partial charge in [-0.15, -0.1) is 5.10 Å². The normalized spacial score (nSPS) is 27.8. The second kappa shape index (κ2) is 5.24. The van der Waals surface area contributed by atoms with Crippen molar-refractivity contribution in [3.05, 3.63) is 47.2 Å². The number of urea groups is 1. The summed E-state index contributed by atoms with van der Waals surface area (Å²) in [5, 5.41) is 11.5. The van der Waals surface area contributed by atoms with E-state index in [0.717, 1.165) is 24.1 Å². The molecule has 1 aromatic carbocycles. The number of rotatable bonds is 2. The maximum atomic E-state index is 14.2. The summed E-state index contributed by atoms with van der Waals surface area (Å²) < 4.78 is 28.5. The van der Waals surface area contributed by atoms with Gasteiger partial charge in [-0.1, -0.05) is 19.9 Å². The van der Waals surface area contributed by atoms with Gasteiger partial charge in [-0.25, -0.2) is 13.6 Å². The summed E-state index contributed by atoms with van der Waals surface area (Å²) in [7, 11) is 0. The summed E-state index contributed by atoms with van der Waals surface area (Å²) in [6.45, 7) is 5.55. The van der Waals surface area contributed by atoms with Crippen LogP contribution in [0.5, 0.6) is 0 Å². The van der Waals surface area contributed by atoms with Gasteiger partial charge >= 0.3 is 6.03 Å². The molecule has 7 heteroatoms. The Balaban J connectivity index is 1.70. The molecule has 1 saturated heterocycles. The maximum Gasteiger partial charge on any atom is 0.318 e. The van der Waals surface area contributed by atoms with Crippen molar-refractivity contribution < 1.29 is 13.6 Å². The Morgan fingerprint density at radius 3 is 2.63 bits per heavy atom. The Hall–Kier alpha value is -2.57. The van der Waals surface area contributed by atoms with E-state index < -0.39 is 17.2 Å². The van der Waals surface area contributed by atoms with Gasteiger partial charge in [0.2, 0.25) is 0 Å². The van der Waals surface area contributed by atoms with Crippen LogP contribution in [0.25, 0.3) is 11.3 Å². The molecule has 3 aliphatic rings. The van der Waals surface area contributed by atoms with Crippen LogP contribution in [0.1, 0.15) is 43.9 Å². The minimum Gasteiger partial charge on any atom is -0.336 e. The number of amides is 2. The summed E-state index contributed by atoms with van der Waals surface area (Å²) in [5.74, 6) is -1.13. The van der Waals surface area contributed by atoms with E-state index in [1.807, 2.05) is 4.90 Å². The molecular formula is C20H20F2N4O. The summed E-state index contributed by atoms with van der Waals surface area (Å²) in [6, 6.07) is 5.47. The standard InChI is InChI=1S/C20H20F2N4O/c1-19(2)12-6-7-20(19,26-9-8-23-18(26)27)17-11(12)10-15(24-25-17)16-13(21)4-3-5-14(16)22/h3-5,10,12H,6-9H2,1-2H3,(H,23,27). The van der Waals surface area contributed by atoms with Gasteiger partial charge < -0.3 is 10.2 Å². The van der Waals surface area contributed by atoms with Crippen molar-refractivity contribution in [3.8, 4) is 11.3 Å². The average molecular weight is 370 g/mol. The molecule has 2 heterocycles. The van der Waals surface area contributed by atoms with Crippen molar-refractivity contribution in [3.63, 3.8) is 0 Å². The number of nitrogens with one attached hydrogen (secondary N) is 1. The number of hydrogen-bond acceptors (Lipinski definition) is 3. The van der Waals surface area contributed by atoms with Crippen LogP contribution in [0.4, 0.5) is 13.6 Å². The first-order valence-corrected chi connectivity index (χ1v) is 9.26. The predicted octanol–water partition coefficient (Wildman–Crippen LogP) is 3.56. The molecule has 2 bridgehead atoms. The van der Waals surface area contributed by atoms with Crippen molar-refractivity contribution in [2.24, 2.45) is 5.41 Å². The van der Waals surface area contributed by atoms with E-state index in [1.165, 1.54) is 18.2 Å². The van der Waals surface area contributed by atoms with E-state index in [1.54, 1.807) is 6.07 Å². The molecular weight excluding hydrogens is 350 g/mol. The zero-order valence-electron chi connectivity index (χ0n) is 15.2. The first kappa shape index (κ1) is 16.6. The molecule has 2 amide bonds. The Kier molecular flexibility index (Phi) is 3.22. The fourth-order valence-electron chi connectivity index (χ4n) is 5.60. The topological polar surface area (TPSA) is 58.1 Å². The molecule has 1 aliphatic heterocycles. The average Bonchev–Trinajstić information content (AvgIpc) is 3.22. The molecule has 0 spiro atoms. The van der Waals surface area contributed by atoms with Crippen molar-refractivity contribution in [1.29, 1.82) is 0 Å². The highest BCUT2D eigenvalue weighted by Gasteiger charge is 2.67. The monoisotopic (exact) mass is 370 g/mol. The lowest BCUT2D eigenvalue weighted by Gasteiger charge is -2.44. The van der Waals surface area contributed by atoms with Crippen LogP contribution < -0.4 is 5.32 Å². The molecule has 2 unspecified atom stereocenters. The third kappa shape index (κ3) is 1.89. The Labute approximate surface area is 155 Å². The van der Waals surface area contributed by atoms with Gasteiger partial charge in [0.1, 0.15) is 11.6 Å². The quantitative estimate of drug-likeness (QED) is 0.879. The second-order valence-electron chi connectivity index (χ2n) is 8.19. The Morgan fingerprint density at radius 1 is 1.22 bits per heavy atom. The molecule has 27 heavy (non-hydrogen) atoms. The van der Waals surface area contributed by atoms with E-state index in [9.17, 15) is 13.6 Å². The summed E-state index contributed by atoms with van der Waals surface area (Å²) >= 11 is 0. The molecule has 5 nitrogen and oxygen atoms in total. The molecule has 1 saturated carbocycles. The van der Waals surface area contributed by atoms with Crippen LogP contribution in [0.3, 0.4) is 0 Å². The van der Waals surface area contributed by atoms with E-state index in [-0.39, 0.29) is 28.6 Å². The fraction of sp³-hybridized carbons (Fsp3) is 0.450. The highest BCUT2D eigenvalue weighted by molar-refractivity contribution is 5.78. The second-order valence-corrected chi connectivity index (χ2v) is 8.19. The van der Waals surface area contributed by atoms with Crippen molar-refractivity contribution >= 4 is 6.03 Å². The van der Waals surface area contributed by atoms with Crippen LogP contribution in [0.2, 0.25) is 0 Å². The zero-order valence-corrected chi connectivity index (χ0v) is 15.2. The minimum atomic E-state index is -0.652. The molecule has 2 atom stereocenters. The molecule has 140 valence electrons. The smallest absolute Gasteiger partial charge is 0.318 e. The molecule has 2 aromatic rings. The van der Waals surface area contributed by atoms with Crippen LogP contribution in [0, 0.1) is 17.0 Å². The number of fused-ring (bicyclic) bond motifs is 5. The number of halogens is 2. The lowest BCUT2D eigenvalue weighted by Crippen LogP contribution is -2.53. The van der Waals surface area contributed by atoms with Gasteiger partial charge in [0.15, 0.2) is 0 Å². The Bertz CT molecular complexity index is 956. The number of hydrogen-bond donors (Lipinski definition) is 1. The largest absolute Gasteiger partial charge is 0.336 e. The molecule has 5 rings (SSSR count). The highest BCUT2D eigenvalue weighted by atomic mass is 19.1. The maximum absolute atomic E-state index is 14.2. The lowest BCUT2D eigenvalue weighted by atomic mass is 9.74. The summed E-state index contributed by atoms with van der Waals surface area (Å²) in [4.78, 5) is 14.4. The number of aromatic nitrogens is 2. The van der Waals surface area contributed by atoms with Gasteiger partial charge in [-0.2, -0.15) is 5.10 Å². The van der Waals surface area contributed by atoms with E-state index in [0.29, 0.717) is 13.1 Å². The fourth-order valence-corrected chi connectivity index (χ4v) is 5.60. The first-order chi connectivity index (χ1) is 12.9. The van der Waals surface area contributed by atoms with Gasteiger partial charge in [0.05, 0.1) is 22.5 Å². The van der Waals surface area contributed by atoms with Crippen LogP contribution in [-0.2, 0) is 5.54 Å². The summed E-state index contributed by atoms with van der Waals surface area (Å²) in [6.07, 6.45) is 1.74. The van der Waals surface area contributed by atoms with E-state index in [2.05, 4.69) is 29.4 Å². The Morgan fingerprint density at radius 2 is 1.96 bits per heavy atom. The number of nitrogens with zero attached hydrogens (tertiary/aromatic N) is 3. The van der Waals surface area contributed by atoms with Gasteiger partial charge in [-0.05, 0) is 42.5 Å². The third-order valence-electron chi connectivity index (χ3n) is 6.86. The number of carbonyl (C=O) groups is 1. The highest BCUT2D eigenvalue weighted by Crippen LogP contribution is 2.68. The van der Waals surface area contributed by atoms with Crippen molar-refractivity contribution in [2.45, 2.75) is 38.1 Å². The van der Waals surface area contributed by atoms with Gasteiger partial charge in [-0.3, -0.25) is 0 Å². The van der Waals surface area contributed by atoms with Crippen LogP contribution in [0.15, 0.2) is 24.3 Å². The van der Waals surface area contributed by atoms with Crippen molar-refractivity contribution in [1.82, 2.24) is 20.4 Å². The molecule has 2 aliphatic carbocycles. The first-order valence-electron chi connectivity index (χ1n) is 9.26. The number of benzene rings is 1. The van der Waals surface area contributed by atoms with Crippen molar-refractivity contribution in [2.75, 3.05) is 13.1 Å². The van der Waals surface area contributed by atoms with Gasteiger partial charge in [0, 0.05) is 18.5 Å². The molecule has 2 fully saturated rings. The van der Waals surface area contributed by atoms with E-state index in [4.69, 9.17) is 0 Å². The van der Waals surface area contributed by atoms with Gasteiger partial charge in [0.25, 0.3) is 0 Å². The summed E-state index contributed by atoms with van der Waals surface area (Å²) in [5.41, 5.74) is 1.04. The molecule has 1 aromatic heterocycles. The number of carbonyl (C=O) groups excluding carboxylic acids is 1. The zero-order chi connectivity index (χ0) is 19.0. The lowest BCUT2D eigenvalue weighted by molar-refractivity contribution is 0.0502. The SMILES string of the molecule is CC1(C)C2CCC1(N1CCNC1=O)c1nnc(-c3c(F)cccc3F)cc12. The third-order valence-corrected chi connectivity index (χ3v) is 6.86. The van der Waals surface area contributed by atoms with E-state index >= 15 is 0 Å². The minimum absolute atomic E-state index is 0.0809. The molecule has 1 N–H and O–H groups in total.